The van der Waals surface area contributed by atoms with Crippen molar-refractivity contribution in [2.45, 2.75) is 13.8 Å². The summed E-state index contributed by atoms with van der Waals surface area (Å²) in [6, 6.07) is 24.8. The topological polar surface area (TPSA) is 37.4 Å². The van der Waals surface area contributed by atoms with E-state index in [2.05, 4.69) is 97.1 Å². The summed E-state index contributed by atoms with van der Waals surface area (Å²) in [5.41, 5.74) is 7.75. The summed E-state index contributed by atoms with van der Waals surface area (Å²) in [7, 11) is 0. The smallest absolute Gasteiger partial charge is 0.238 e. The van der Waals surface area contributed by atoms with Gasteiger partial charge in [-0.25, -0.2) is 4.90 Å². The van der Waals surface area contributed by atoms with Gasteiger partial charge >= 0.3 is 0 Å². The van der Waals surface area contributed by atoms with Crippen LogP contribution in [0.25, 0.3) is 5.57 Å². The second kappa shape index (κ2) is 8.05. The number of halogens is 1. The van der Waals surface area contributed by atoms with Gasteiger partial charge in [0.2, 0.25) is 11.8 Å². The van der Waals surface area contributed by atoms with Gasteiger partial charge in [-0.3, -0.25) is 9.59 Å². The fourth-order valence-corrected chi connectivity index (χ4v) is 6.43. The van der Waals surface area contributed by atoms with E-state index in [9.17, 15) is 9.59 Å². The van der Waals surface area contributed by atoms with Crippen LogP contribution in [0.15, 0.2) is 90.5 Å². The number of imide groups is 1. The van der Waals surface area contributed by atoms with Crippen molar-refractivity contribution in [3.63, 3.8) is 0 Å². The average molecular weight is 557 g/mol. The molecule has 2 bridgehead atoms. The van der Waals surface area contributed by atoms with Gasteiger partial charge in [0.1, 0.15) is 0 Å². The fourth-order valence-electron chi connectivity index (χ4n) is 5.91. The van der Waals surface area contributed by atoms with Crippen LogP contribution in [0.3, 0.4) is 0 Å². The Balaban J connectivity index is 1.49. The molecule has 0 unspecified atom stereocenters. The Labute approximate surface area is 213 Å². The van der Waals surface area contributed by atoms with Gasteiger partial charge in [0.05, 0.1) is 17.5 Å². The Morgan fingerprint density at radius 3 is 1.71 bits per heavy atom. The molecule has 1 saturated heterocycles. The first-order valence-corrected chi connectivity index (χ1v) is 12.7. The SMILES string of the molecule is Cc1ccc(C(=C2[C@H]3C=C[C@H]2[C@H]2C(=O)N(c4cccc(I)c4)C(=O)[C@@H]23)c2ccc(C)cc2)cc1. The summed E-state index contributed by atoms with van der Waals surface area (Å²) < 4.78 is 1.01. The van der Waals surface area contributed by atoms with Gasteiger partial charge in [0, 0.05) is 15.4 Å². The molecular formula is C30H24INO2. The van der Waals surface area contributed by atoms with Crippen LogP contribution in [-0.4, -0.2) is 11.8 Å². The van der Waals surface area contributed by atoms with Gasteiger partial charge in [-0.05, 0) is 76.9 Å². The van der Waals surface area contributed by atoms with Crippen LogP contribution in [0.5, 0.6) is 0 Å². The van der Waals surface area contributed by atoms with E-state index in [-0.39, 0.29) is 35.5 Å². The molecule has 0 aromatic heterocycles. The zero-order chi connectivity index (χ0) is 23.6. The van der Waals surface area contributed by atoms with Crippen molar-refractivity contribution in [1.29, 1.82) is 0 Å². The van der Waals surface area contributed by atoms with Crippen molar-refractivity contribution in [3.8, 4) is 0 Å². The van der Waals surface area contributed by atoms with Crippen LogP contribution in [-0.2, 0) is 9.59 Å². The van der Waals surface area contributed by atoms with Crippen LogP contribution in [0.4, 0.5) is 5.69 Å². The summed E-state index contributed by atoms with van der Waals surface area (Å²) >= 11 is 2.22. The van der Waals surface area contributed by atoms with Crippen molar-refractivity contribution in [2.75, 3.05) is 4.90 Å². The number of hydrogen-bond donors (Lipinski definition) is 0. The van der Waals surface area contributed by atoms with Crippen molar-refractivity contribution in [2.24, 2.45) is 23.7 Å². The van der Waals surface area contributed by atoms with Gasteiger partial charge < -0.3 is 0 Å². The molecule has 1 saturated carbocycles. The highest BCUT2D eigenvalue weighted by Gasteiger charge is 2.62. The second-order valence-corrected chi connectivity index (χ2v) is 10.8. The molecule has 3 nitrogen and oxygen atoms in total. The third-order valence-corrected chi connectivity index (χ3v) is 8.12. The molecule has 0 radical (unpaired) electrons. The highest BCUT2D eigenvalue weighted by molar-refractivity contribution is 14.1. The summed E-state index contributed by atoms with van der Waals surface area (Å²) in [6.07, 6.45) is 4.32. The minimum Gasteiger partial charge on any atom is -0.274 e. The van der Waals surface area contributed by atoms with E-state index in [1.54, 1.807) is 0 Å². The van der Waals surface area contributed by atoms with Crippen LogP contribution < -0.4 is 4.90 Å². The molecule has 2 fully saturated rings. The highest BCUT2D eigenvalue weighted by atomic mass is 127. The van der Waals surface area contributed by atoms with Gasteiger partial charge in [0.25, 0.3) is 0 Å². The van der Waals surface area contributed by atoms with Gasteiger partial charge in [-0.2, -0.15) is 0 Å². The molecule has 4 heteroatoms. The number of carbonyl (C=O) groups is 2. The third-order valence-electron chi connectivity index (χ3n) is 7.45. The molecule has 2 aliphatic carbocycles. The highest BCUT2D eigenvalue weighted by Crippen LogP contribution is 2.58. The van der Waals surface area contributed by atoms with Gasteiger partial charge in [-0.1, -0.05) is 77.9 Å². The number of nitrogens with zero attached hydrogens (tertiary/aromatic N) is 1. The van der Waals surface area contributed by atoms with Crippen LogP contribution >= 0.6 is 22.6 Å². The first kappa shape index (κ1) is 21.5. The van der Waals surface area contributed by atoms with Crippen molar-refractivity contribution >= 4 is 45.7 Å². The Hall–Kier alpha value is -2.99. The molecule has 6 rings (SSSR count). The number of benzene rings is 3. The normalized spacial score (nSPS) is 24.8. The number of hydrogen-bond acceptors (Lipinski definition) is 2. The molecule has 34 heavy (non-hydrogen) atoms. The van der Waals surface area contributed by atoms with Gasteiger partial charge in [-0.15, -0.1) is 0 Å². The Bertz CT molecular complexity index is 1300. The summed E-state index contributed by atoms with van der Waals surface area (Å²) in [4.78, 5) is 28.8. The monoisotopic (exact) mass is 557 g/mol. The molecule has 0 spiro atoms. The quantitative estimate of drug-likeness (QED) is 0.215. The summed E-state index contributed by atoms with van der Waals surface area (Å²) in [5.74, 6) is -0.923. The number of aryl methyl sites for hydroxylation is 2. The van der Waals surface area contributed by atoms with E-state index in [4.69, 9.17) is 0 Å². The minimum absolute atomic E-state index is 0.0585. The average Bonchev–Trinajstić information content (AvgIpc) is 3.46. The fraction of sp³-hybridized carbons (Fsp3) is 0.200. The second-order valence-electron chi connectivity index (χ2n) is 9.54. The lowest BCUT2D eigenvalue weighted by Gasteiger charge is -2.22. The van der Waals surface area contributed by atoms with Crippen LogP contribution in [0.2, 0.25) is 0 Å². The third kappa shape index (κ3) is 3.22. The first-order chi connectivity index (χ1) is 16.4. The molecule has 1 aliphatic heterocycles. The van der Waals surface area contributed by atoms with E-state index < -0.39 is 0 Å². The molecule has 2 amide bonds. The molecule has 3 aromatic carbocycles. The molecule has 3 aromatic rings. The summed E-state index contributed by atoms with van der Waals surface area (Å²) in [5, 5.41) is 0. The number of allylic oxidation sites excluding steroid dienone is 3. The number of fused-ring (bicyclic) bond motifs is 5. The number of amides is 2. The molecule has 0 N–H and O–H groups in total. The zero-order valence-corrected chi connectivity index (χ0v) is 21.2. The Morgan fingerprint density at radius 1 is 0.735 bits per heavy atom. The van der Waals surface area contributed by atoms with Gasteiger partial charge in [0.15, 0.2) is 0 Å². The molecule has 1 heterocycles. The lowest BCUT2D eigenvalue weighted by Crippen LogP contribution is -2.33. The zero-order valence-electron chi connectivity index (χ0n) is 19.0. The number of anilines is 1. The standard InChI is InChI=1S/C30H24INO2/c1-17-6-10-19(11-7-17)25(20-12-8-18(2)9-13-20)26-23-14-15-24(26)28-27(23)29(33)32(30(28)34)22-5-3-4-21(31)16-22/h3-16,23-24,27-28H,1-2H3/t23-,24-,27-,28-/m1/s1. The van der Waals surface area contributed by atoms with Crippen LogP contribution in [0, 0.1) is 41.1 Å². The maximum atomic E-state index is 13.7. The minimum atomic E-state index is -0.332. The summed E-state index contributed by atoms with van der Waals surface area (Å²) in [6.45, 7) is 4.18. The first-order valence-electron chi connectivity index (χ1n) is 11.6. The largest absolute Gasteiger partial charge is 0.274 e. The van der Waals surface area contributed by atoms with E-state index >= 15 is 0 Å². The molecule has 4 atom stereocenters. The molecule has 168 valence electrons. The Kier molecular flexibility index (Phi) is 5.10. The number of carbonyl (C=O) groups excluding carboxylic acids is 2. The van der Waals surface area contributed by atoms with Crippen molar-refractivity contribution < 1.29 is 9.59 Å². The number of rotatable bonds is 3. The Morgan fingerprint density at radius 2 is 1.24 bits per heavy atom. The predicted molar refractivity (Wildman–Crippen MR) is 143 cm³/mol. The molecular weight excluding hydrogens is 533 g/mol. The van der Waals surface area contributed by atoms with Crippen LogP contribution in [0.1, 0.15) is 22.3 Å². The molecule has 3 aliphatic rings. The maximum absolute atomic E-state index is 13.7. The van der Waals surface area contributed by atoms with E-state index in [1.807, 2.05) is 24.3 Å². The predicted octanol–water partition coefficient (Wildman–Crippen LogP) is 6.33. The lowest BCUT2D eigenvalue weighted by atomic mass is 9.85. The maximum Gasteiger partial charge on any atom is 0.238 e. The van der Waals surface area contributed by atoms with E-state index in [0.717, 1.165) is 20.3 Å². The van der Waals surface area contributed by atoms with E-state index in [1.165, 1.54) is 21.6 Å². The van der Waals surface area contributed by atoms with E-state index in [0.29, 0.717) is 5.69 Å². The van der Waals surface area contributed by atoms with Crippen molar-refractivity contribution in [3.05, 3.63) is 116 Å². The van der Waals surface area contributed by atoms with Crippen molar-refractivity contribution in [1.82, 2.24) is 0 Å². The lowest BCUT2D eigenvalue weighted by molar-refractivity contribution is -0.122.